The van der Waals surface area contributed by atoms with Crippen LogP contribution < -0.4 is 5.73 Å². The second-order valence-corrected chi connectivity index (χ2v) is 2.29. The van der Waals surface area contributed by atoms with E-state index < -0.39 is 5.54 Å². The summed E-state index contributed by atoms with van der Waals surface area (Å²) in [5.41, 5.74) is 4.83. The zero-order valence-electron chi connectivity index (χ0n) is 5.22. The molecule has 0 aromatic carbocycles. The highest BCUT2D eigenvalue weighted by molar-refractivity contribution is 5.83. The fourth-order valence-electron chi connectivity index (χ4n) is 0.575. The minimum absolute atomic E-state index is 0.178. The second kappa shape index (κ2) is 1.99. The zero-order valence-corrected chi connectivity index (χ0v) is 5.22. The summed E-state index contributed by atoms with van der Waals surface area (Å²) >= 11 is 0. The van der Waals surface area contributed by atoms with Crippen molar-refractivity contribution in [3.63, 3.8) is 0 Å². The summed E-state index contributed by atoms with van der Waals surface area (Å²) in [4.78, 5) is 10.7. The van der Waals surface area contributed by atoms with Crippen LogP contribution in [0.5, 0.6) is 0 Å². The van der Waals surface area contributed by atoms with Crippen LogP contribution in [0.4, 0.5) is 0 Å². The third kappa shape index (κ3) is 1.21. The molecule has 0 heterocycles. The topological polar surface area (TPSA) is 52.3 Å². The standard InChI is InChI=1S/C6H10NO2/c1-2-9-5(8)6(7)3-4-6/h1-4,7H2. The van der Waals surface area contributed by atoms with E-state index in [1.54, 1.807) is 0 Å². The highest BCUT2D eigenvalue weighted by Gasteiger charge is 2.47. The van der Waals surface area contributed by atoms with E-state index in [0.29, 0.717) is 0 Å². The van der Waals surface area contributed by atoms with E-state index in [1.807, 2.05) is 0 Å². The van der Waals surface area contributed by atoms with E-state index in [1.165, 1.54) is 0 Å². The number of nitrogens with two attached hydrogens (primary N) is 1. The van der Waals surface area contributed by atoms with E-state index in [-0.39, 0.29) is 12.6 Å². The van der Waals surface area contributed by atoms with E-state index in [9.17, 15) is 4.79 Å². The van der Waals surface area contributed by atoms with Crippen LogP contribution in [0.25, 0.3) is 0 Å². The molecule has 0 aromatic heterocycles. The number of hydrogen-bond donors (Lipinski definition) is 1. The maximum Gasteiger partial charge on any atom is 0.326 e. The first-order valence-electron chi connectivity index (χ1n) is 2.94. The molecule has 1 saturated carbocycles. The molecular formula is C6H10NO2. The van der Waals surface area contributed by atoms with Gasteiger partial charge in [0.05, 0.1) is 6.61 Å². The second-order valence-electron chi connectivity index (χ2n) is 2.29. The maximum atomic E-state index is 10.7. The van der Waals surface area contributed by atoms with Crippen molar-refractivity contribution >= 4 is 5.97 Å². The fourth-order valence-corrected chi connectivity index (χ4v) is 0.575. The first-order valence-corrected chi connectivity index (χ1v) is 2.94. The number of hydrogen-bond acceptors (Lipinski definition) is 3. The van der Waals surface area contributed by atoms with Crippen molar-refractivity contribution in [3.8, 4) is 0 Å². The van der Waals surface area contributed by atoms with Gasteiger partial charge in [-0.3, -0.25) is 4.79 Å². The Kier molecular flexibility index (Phi) is 1.45. The molecule has 0 bridgehead atoms. The first-order chi connectivity index (χ1) is 4.19. The zero-order chi connectivity index (χ0) is 6.91. The van der Waals surface area contributed by atoms with Crippen LogP contribution >= 0.6 is 0 Å². The van der Waals surface area contributed by atoms with Crippen molar-refractivity contribution in [2.75, 3.05) is 6.61 Å². The normalized spacial score (nSPS) is 21.1. The summed E-state index contributed by atoms with van der Waals surface area (Å²) in [6.07, 6.45) is 1.51. The molecule has 1 rings (SSSR count). The Labute approximate surface area is 54.2 Å². The average molecular weight is 128 g/mol. The van der Waals surface area contributed by atoms with Crippen LogP contribution in [0.1, 0.15) is 12.8 Å². The van der Waals surface area contributed by atoms with E-state index >= 15 is 0 Å². The minimum Gasteiger partial charge on any atom is -0.464 e. The van der Waals surface area contributed by atoms with Gasteiger partial charge in [-0.1, -0.05) is 0 Å². The molecule has 1 aliphatic carbocycles. The van der Waals surface area contributed by atoms with Crippen molar-refractivity contribution in [2.45, 2.75) is 18.4 Å². The molecule has 1 fully saturated rings. The van der Waals surface area contributed by atoms with Crippen LogP contribution in [0.2, 0.25) is 0 Å². The lowest BCUT2D eigenvalue weighted by Gasteiger charge is -2.05. The first kappa shape index (κ1) is 6.55. The Morgan fingerprint density at radius 2 is 2.33 bits per heavy atom. The van der Waals surface area contributed by atoms with E-state index in [4.69, 9.17) is 5.73 Å². The minimum atomic E-state index is -0.641. The summed E-state index contributed by atoms with van der Waals surface area (Å²) in [5.74, 6) is -0.308. The van der Waals surface area contributed by atoms with Crippen LogP contribution in [-0.4, -0.2) is 18.1 Å². The molecule has 9 heavy (non-hydrogen) atoms. The van der Waals surface area contributed by atoms with Gasteiger partial charge in [0.1, 0.15) is 5.54 Å². The van der Waals surface area contributed by atoms with Gasteiger partial charge in [-0.2, -0.15) is 0 Å². The largest absolute Gasteiger partial charge is 0.464 e. The van der Waals surface area contributed by atoms with Crippen LogP contribution in [-0.2, 0) is 9.53 Å². The molecule has 0 saturated heterocycles. The number of carbonyl (C=O) groups is 1. The van der Waals surface area contributed by atoms with Crippen molar-refractivity contribution < 1.29 is 9.53 Å². The van der Waals surface area contributed by atoms with Gasteiger partial charge in [0.2, 0.25) is 0 Å². The van der Waals surface area contributed by atoms with Gasteiger partial charge in [-0.05, 0) is 19.8 Å². The predicted molar refractivity (Wildman–Crippen MR) is 32.5 cm³/mol. The molecule has 1 aliphatic rings. The Balaban J connectivity index is 2.34. The lowest BCUT2D eigenvalue weighted by Crippen LogP contribution is -2.34. The van der Waals surface area contributed by atoms with Crippen molar-refractivity contribution in [2.24, 2.45) is 5.73 Å². The molecule has 0 unspecified atom stereocenters. The summed E-state index contributed by atoms with van der Waals surface area (Å²) in [6.45, 7) is 3.55. The summed E-state index contributed by atoms with van der Waals surface area (Å²) in [5, 5.41) is 0. The molecule has 0 aromatic rings. The van der Waals surface area contributed by atoms with Crippen LogP contribution in [0.3, 0.4) is 0 Å². The van der Waals surface area contributed by atoms with Crippen LogP contribution in [0, 0.1) is 6.92 Å². The van der Waals surface area contributed by atoms with Crippen molar-refractivity contribution in [1.29, 1.82) is 0 Å². The summed E-state index contributed by atoms with van der Waals surface area (Å²) in [6, 6.07) is 0. The lowest BCUT2D eigenvalue weighted by atomic mass is 10.3. The molecule has 0 amide bonds. The molecule has 51 valence electrons. The average Bonchev–Trinajstić information content (AvgIpc) is 2.50. The monoisotopic (exact) mass is 128 g/mol. The third-order valence-electron chi connectivity index (χ3n) is 1.43. The van der Waals surface area contributed by atoms with Gasteiger partial charge >= 0.3 is 5.97 Å². The summed E-state index contributed by atoms with van der Waals surface area (Å²) in [7, 11) is 0. The molecule has 2 N–H and O–H groups in total. The van der Waals surface area contributed by atoms with Gasteiger partial charge in [-0.15, -0.1) is 0 Å². The van der Waals surface area contributed by atoms with Gasteiger partial charge < -0.3 is 10.5 Å². The maximum absolute atomic E-state index is 10.7. The molecule has 0 aliphatic heterocycles. The Bertz CT molecular complexity index is 129. The highest BCUT2D eigenvalue weighted by Crippen LogP contribution is 2.33. The number of ether oxygens (including phenoxy) is 1. The molecule has 3 nitrogen and oxygen atoms in total. The molecular weight excluding hydrogens is 118 g/mol. The third-order valence-corrected chi connectivity index (χ3v) is 1.43. The molecule has 1 radical (unpaired) electrons. The van der Waals surface area contributed by atoms with Gasteiger partial charge in [0.15, 0.2) is 0 Å². The number of esters is 1. The number of rotatable bonds is 2. The van der Waals surface area contributed by atoms with E-state index in [0.717, 1.165) is 12.8 Å². The molecule has 0 atom stereocenters. The van der Waals surface area contributed by atoms with Crippen molar-refractivity contribution in [3.05, 3.63) is 6.92 Å². The quantitative estimate of drug-likeness (QED) is 0.526. The summed E-state index contributed by atoms with van der Waals surface area (Å²) < 4.78 is 4.59. The smallest absolute Gasteiger partial charge is 0.326 e. The molecule has 0 spiro atoms. The van der Waals surface area contributed by atoms with E-state index in [2.05, 4.69) is 11.7 Å². The SMILES string of the molecule is [CH2]COC(=O)C1(N)CC1. The van der Waals surface area contributed by atoms with Crippen molar-refractivity contribution in [1.82, 2.24) is 0 Å². The molecule has 3 heteroatoms. The van der Waals surface area contributed by atoms with Gasteiger partial charge in [0.25, 0.3) is 0 Å². The van der Waals surface area contributed by atoms with Crippen LogP contribution in [0.15, 0.2) is 0 Å². The predicted octanol–water partition coefficient (Wildman–Crippen LogP) is -0.145. The Morgan fingerprint density at radius 3 is 2.67 bits per heavy atom. The Hall–Kier alpha value is -0.570. The number of carbonyl (C=O) groups excluding carboxylic acids is 1. The fraction of sp³-hybridized carbons (Fsp3) is 0.667. The van der Waals surface area contributed by atoms with Gasteiger partial charge in [-0.25, -0.2) is 0 Å². The highest BCUT2D eigenvalue weighted by atomic mass is 16.5. The lowest BCUT2D eigenvalue weighted by molar-refractivity contribution is -0.145. The Morgan fingerprint density at radius 1 is 1.78 bits per heavy atom. The van der Waals surface area contributed by atoms with Gasteiger partial charge in [0, 0.05) is 0 Å².